The SMILES string of the molecule is CC[C@@]1(N)CC[C@H](c2ccc3c(c2)CC[C@H](CCCCCC(C)C)C3)C1. The lowest BCUT2D eigenvalue weighted by atomic mass is 9.79. The van der Waals surface area contributed by atoms with Crippen molar-refractivity contribution in [1.29, 1.82) is 0 Å². The molecule has 1 nitrogen and oxygen atoms in total. The second-order valence-electron chi connectivity index (χ2n) is 9.82. The van der Waals surface area contributed by atoms with Gasteiger partial charge in [0, 0.05) is 5.54 Å². The average Bonchev–Trinajstić information content (AvgIpc) is 3.04. The van der Waals surface area contributed by atoms with E-state index in [-0.39, 0.29) is 5.54 Å². The minimum Gasteiger partial charge on any atom is -0.325 e. The van der Waals surface area contributed by atoms with Crippen LogP contribution in [0.15, 0.2) is 18.2 Å². The fraction of sp³-hybridized carbons (Fsp3) is 0.760. The summed E-state index contributed by atoms with van der Waals surface area (Å²) in [6.07, 6.45) is 15.9. The van der Waals surface area contributed by atoms with Crippen LogP contribution in [0.2, 0.25) is 0 Å². The van der Waals surface area contributed by atoms with Gasteiger partial charge in [0.15, 0.2) is 0 Å². The van der Waals surface area contributed by atoms with Crippen LogP contribution in [0.3, 0.4) is 0 Å². The molecular formula is C25H41N. The fourth-order valence-electron chi connectivity index (χ4n) is 5.28. The van der Waals surface area contributed by atoms with E-state index in [1.54, 1.807) is 16.7 Å². The zero-order chi connectivity index (χ0) is 18.6. The fourth-order valence-corrected chi connectivity index (χ4v) is 5.28. The number of unbranched alkanes of at least 4 members (excludes halogenated alkanes) is 2. The van der Waals surface area contributed by atoms with Crippen molar-refractivity contribution in [2.45, 2.75) is 109 Å². The summed E-state index contributed by atoms with van der Waals surface area (Å²) in [5.41, 5.74) is 11.5. The average molecular weight is 356 g/mol. The smallest absolute Gasteiger partial charge is 0.0157 e. The van der Waals surface area contributed by atoms with Gasteiger partial charge in [-0.2, -0.15) is 0 Å². The van der Waals surface area contributed by atoms with Gasteiger partial charge in [0.2, 0.25) is 0 Å². The standard InChI is InChI=1S/C25H41N/c1-4-25(26)15-14-24(18-25)23-13-12-21-16-20(10-11-22(21)17-23)9-7-5-6-8-19(2)3/h12-13,17,19-20,24H,4-11,14-16,18,26H2,1-3H3/t20-,24-,25+/m0/s1. The second-order valence-corrected chi connectivity index (χ2v) is 9.82. The Balaban J connectivity index is 1.50. The van der Waals surface area contributed by atoms with Crippen LogP contribution in [-0.2, 0) is 12.8 Å². The monoisotopic (exact) mass is 355 g/mol. The molecule has 0 aromatic heterocycles. The van der Waals surface area contributed by atoms with Crippen LogP contribution in [0.4, 0.5) is 0 Å². The van der Waals surface area contributed by atoms with Crippen molar-refractivity contribution in [2.75, 3.05) is 0 Å². The summed E-state index contributed by atoms with van der Waals surface area (Å²) in [4.78, 5) is 0. The van der Waals surface area contributed by atoms with E-state index in [1.165, 1.54) is 70.6 Å². The highest BCUT2D eigenvalue weighted by molar-refractivity contribution is 5.36. The Morgan fingerprint density at radius 1 is 1.12 bits per heavy atom. The van der Waals surface area contributed by atoms with Crippen LogP contribution in [0, 0.1) is 11.8 Å². The molecule has 1 aromatic carbocycles. The minimum absolute atomic E-state index is 0.0984. The van der Waals surface area contributed by atoms with Gasteiger partial charge >= 0.3 is 0 Å². The number of fused-ring (bicyclic) bond motifs is 1. The van der Waals surface area contributed by atoms with Crippen molar-refractivity contribution in [2.24, 2.45) is 17.6 Å². The summed E-state index contributed by atoms with van der Waals surface area (Å²) in [6, 6.07) is 7.42. The highest BCUT2D eigenvalue weighted by atomic mass is 14.8. The molecule has 3 atom stereocenters. The molecule has 0 radical (unpaired) electrons. The third kappa shape index (κ3) is 5.12. The minimum atomic E-state index is 0.0984. The van der Waals surface area contributed by atoms with Crippen molar-refractivity contribution < 1.29 is 0 Å². The van der Waals surface area contributed by atoms with E-state index in [0.29, 0.717) is 5.92 Å². The largest absolute Gasteiger partial charge is 0.325 e. The molecule has 0 unspecified atom stereocenters. The van der Waals surface area contributed by atoms with E-state index in [4.69, 9.17) is 5.73 Å². The topological polar surface area (TPSA) is 26.0 Å². The molecule has 3 rings (SSSR count). The van der Waals surface area contributed by atoms with Crippen LogP contribution in [-0.4, -0.2) is 5.54 Å². The third-order valence-electron chi connectivity index (χ3n) is 7.27. The Kier molecular flexibility index (Phi) is 6.83. The summed E-state index contributed by atoms with van der Waals surface area (Å²) in [5.74, 6) is 2.49. The lowest BCUT2D eigenvalue weighted by molar-refractivity contribution is 0.400. The van der Waals surface area contributed by atoms with Gasteiger partial charge in [-0.15, -0.1) is 0 Å². The molecule has 0 spiro atoms. The normalized spacial score (nSPS) is 28.5. The maximum absolute atomic E-state index is 6.53. The zero-order valence-corrected chi connectivity index (χ0v) is 17.5. The number of hydrogen-bond donors (Lipinski definition) is 1. The van der Waals surface area contributed by atoms with Crippen LogP contribution >= 0.6 is 0 Å². The molecule has 0 saturated heterocycles. The van der Waals surface area contributed by atoms with Gasteiger partial charge in [-0.25, -0.2) is 0 Å². The Bertz CT molecular complexity index is 576. The van der Waals surface area contributed by atoms with Crippen LogP contribution in [0.25, 0.3) is 0 Å². The van der Waals surface area contributed by atoms with Gasteiger partial charge < -0.3 is 5.73 Å². The summed E-state index contributed by atoms with van der Waals surface area (Å²) >= 11 is 0. The Labute approximate surface area is 162 Å². The molecule has 0 bridgehead atoms. The number of nitrogens with two attached hydrogens (primary N) is 1. The molecule has 1 aromatic rings. The molecule has 146 valence electrons. The van der Waals surface area contributed by atoms with Gasteiger partial charge in [0.1, 0.15) is 0 Å². The molecular weight excluding hydrogens is 314 g/mol. The lowest BCUT2D eigenvalue weighted by Crippen LogP contribution is -2.35. The Morgan fingerprint density at radius 3 is 2.69 bits per heavy atom. The molecule has 26 heavy (non-hydrogen) atoms. The predicted molar refractivity (Wildman–Crippen MR) is 114 cm³/mol. The second kappa shape index (κ2) is 8.91. The van der Waals surface area contributed by atoms with Crippen molar-refractivity contribution in [3.05, 3.63) is 34.9 Å². The number of hydrogen-bond acceptors (Lipinski definition) is 1. The maximum Gasteiger partial charge on any atom is 0.0157 e. The van der Waals surface area contributed by atoms with Crippen molar-refractivity contribution in [3.8, 4) is 0 Å². The Morgan fingerprint density at radius 2 is 1.96 bits per heavy atom. The highest BCUT2D eigenvalue weighted by Crippen LogP contribution is 2.42. The van der Waals surface area contributed by atoms with Crippen LogP contribution in [0.1, 0.15) is 108 Å². The van der Waals surface area contributed by atoms with Gasteiger partial charge in [-0.05, 0) is 79.4 Å². The molecule has 1 heteroatoms. The zero-order valence-electron chi connectivity index (χ0n) is 17.5. The molecule has 1 saturated carbocycles. The maximum atomic E-state index is 6.53. The first-order chi connectivity index (χ1) is 12.5. The van der Waals surface area contributed by atoms with Gasteiger partial charge in [-0.3, -0.25) is 0 Å². The third-order valence-corrected chi connectivity index (χ3v) is 7.27. The van der Waals surface area contributed by atoms with Gasteiger partial charge in [-0.1, -0.05) is 71.1 Å². The number of aryl methyl sites for hydroxylation is 1. The summed E-state index contributed by atoms with van der Waals surface area (Å²) < 4.78 is 0. The lowest BCUT2D eigenvalue weighted by Gasteiger charge is -2.26. The van der Waals surface area contributed by atoms with Crippen molar-refractivity contribution >= 4 is 0 Å². The summed E-state index contributed by atoms with van der Waals surface area (Å²) in [7, 11) is 0. The summed E-state index contributed by atoms with van der Waals surface area (Å²) in [5, 5.41) is 0. The molecule has 1 fully saturated rings. The summed E-state index contributed by atoms with van der Waals surface area (Å²) in [6.45, 7) is 6.93. The van der Waals surface area contributed by atoms with E-state index in [2.05, 4.69) is 39.0 Å². The van der Waals surface area contributed by atoms with E-state index in [1.807, 2.05) is 0 Å². The van der Waals surface area contributed by atoms with Crippen LogP contribution in [0.5, 0.6) is 0 Å². The molecule has 2 aliphatic carbocycles. The van der Waals surface area contributed by atoms with E-state index in [9.17, 15) is 0 Å². The Hall–Kier alpha value is -0.820. The van der Waals surface area contributed by atoms with Crippen molar-refractivity contribution in [1.82, 2.24) is 0 Å². The van der Waals surface area contributed by atoms with Gasteiger partial charge in [0.25, 0.3) is 0 Å². The highest BCUT2D eigenvalue weighted by Gasteiger charge is 2.35. The first-order valence-corrected chi connectivity index (χ1v) is 11.4. The predicted octanol–water partition coefficient (Wildman–Crippen LogP) is 6.77. The van der Waals surface area contributed by atoms with Crippen molar-refractivity contribution in [3.63, 3.8) is 0 Å². The molecule has 2 aliphatic rings. The first kappa shape index (κ1) is 19.9. The molecule has 0 heterocycles. The number of benzene rings is 1. The molecule has 0 aliphatic heterocycles. The number of rotatable bonds is 8. The quantitative estimate of drug-likeness (QED) is 0.511. The molecule has 0 amide bonds. The first-order valence-electron chi connectivity index (χ1n) is 11.4. The molecule has 2 N–H and O–H groups in total. The van der Waals surface area contributed by atoms with E-state index >= 15 is 0 Å². The van der Waals surface area contributed by atoms with E-state index < -0.39 is 0 Å². The van der Waals surface area contributed by atoms with Gasteiger partial charge in [0.05, 0.1) is 0 Å². The van der Waals surface area contributed by atoms with E-state index in [0.717, 1.165) is 18.3 Å². The van der Waals surface area contributed by atoms with Crippen LogP contribution < -0.4 is 5.73 Å².